The summed E-state index contributed by atoms with van der Waals surface area (Å²) in [6, 6.07) is 6.98. The van der Waals surface area contributed by atoms with Crippen LogP contribution in [0.25, 0.3) is 0 Å². The lowest BCUT2D eigenvalue weighted by molar-refractivity contribution is 0.399. The fourth-order valence-electron chi connectivity index (χ4n) is 1.29. The van der Waals surface area contributed by atoms with Crippen LogP contribution >= 0.6 is 0 Å². The second-order valence-corrected chi connectivity index (χ2v) is 3.50. The second-order valence-electron chi connectivity index (χ2n) is 3.50. The Hall–Kier alpha value is -0.890. The molecule has 1 aromatic rings. The van der Waals surface area contributed by atoms with Crippen LogP contribution in [0.1, 0.15) is 12.0 Å². The lowest BCUT2D eigenvalue weighted by Gasteiger charge is -2.08. The van der Waals surface area contributed by atoms with Crippen LogP contribution in [0.4, 0.5) is 4.39 Å². The van der Waals surface area contributed by atoms with Gasteiger partial charge < -0.3 is 4.90 Å². The fraction of sp³-hybridized carbons (Fsp3) is 0.455. The SMILES string of the molecule is CN(C)CCCc1ccccc1F. The van der Waals surface area contributed by atoms with E-state index in [4.69, 9.17) is 0 Å². The minimum absolute atomic E-state index is 0.0822. The molecule has 0 bridgehead atoms. The van der Waals surface area contributed by atoms with E-state index < -0.39 is 0 Å². The lowest BCUT2D eigenvalue weighted by Crippen LogP contribution is -2.13. The largest absolute Gasteiger partial charge is 0.309 e. The molecule has 0 radical (unpaired) electrons. The predicted octanol–water partition coefficient (Wildman–Crippen LogP) is 2.32. The van der Waals surface area contributed by atoms with E-state index in [0.717, 1.165) is 24.9 Å². The molecular formula is C11H16FN. The first kappa shape index (κ1) is 10.2. The molecule has 1 nitrogen and oxygen atoms in total. The van der Waals surface area contributed by atoms with Gasteiger partial charge in [-0.25, -0.2) is 4.39 Å². The Bertz CT molecular complexity index is 258. The van der Waals surface area contributed by atoms with Crippen molar-refractivity contribution in [3.8, 4) is 0 Å². The molecular weight excluding hydrogens is 165 g/mol. The van der Waals surface area contributed by atoms with E-state index in [9.17, 15) is 4.39 Å². The number of benzene rings is 1. The van der Waals surface area contributed by atoms with Gasteiger partial charge in [-0.15, -0.1) is 0 Å². The van der Waals surface area contributed by atoms with E-state index in [0.29, 0.717) is 0 Å². The Morgan fingerprint density at radius 2 is 1.92 bits per heavy atom. The van der Waals surface area contributed by atoms with Gasteiger partial charge in [-0.1, -0.05) is 18.2 Å². The van der Waals surface area contributed by atoms with Crippen molar-refractivity contribution < 1.29 is 4.39 Å². The van der Waals surface area contributed by atoms with Crippen molar-refractivity contribution in [2.45, 2.75) is 12.8 Å². The van der Waals surface area contributed by atoms with Crippen LogP contribution in [0.5, 0.6) is 0 Å². The van der Waals surface area contributed by atoms with Gasteiger partial charge in [0.05, 0.1) is 0 Å². The number of aryl methyl sites for hydroxylation is 1. The predicted molar refractivity (Wildman–Crippen MR) is 53.3 cm³/mol. The van der Waals surface area contributed by atoms with Crippen molar-refractivity contribution in [2.75, 3.05) is 20.6 Å². The summed E-state index contributed by atoms with van der Waals surface area (Å²) in [5.74, 6) is -0.0822. The van der Waals surface area contributed by atoms with Crippen molar-refractivity contribution in [1.29, 1.82) is 0 Å². The first-order chi connectivity index (χ1) is 6.20. The molecule has 1 aromatic carbocycles. The van der Waals surface area contributed by atoms with Crippen LogP contribution in [0, 0.1) is 5.82 Å². The van der Waals surface area contributed by atoms with Crippen LogP contribution in [0.2, 0.25) is 0 Å². The number of hydrogen-bond donors (Lipinski definition) is 0. The molecule has 13 heavy (non-hydrogen) atoms. The average Bonchev–Trinajstić information content (AvgIpc) is 2.08. The maximum Gasteiger partial charge on any atom is 0.126 e. The topological polar surface area (TPSA) is 3.24 Å². The molecule has 0 heterocycles. The van der Waals surface area contributed by atoms with Gasteiger partial charge in [-0.3, -0.25) is 0 Å². The summed E-state index contributed by atoms with van der Waals surface area (Å²) in [6.45, 7) is 1.01. The summed E-state index contributed by atoms with van der Waals surface area (Å²) in [5, 5.41) is 0. The van der Waals surface area contributed by atoms with Gasteiger partial charge in [0.25, 0.3) is 0 Å². The third-order valence-electron chi connectivity index (χ3n) is 2.01. The van der Waals surface area contributed by atoms with E-state index in [1.165, 1.54) is 6.07 Å². The zero-order chi connectivity index (χ0) is 9.68. The average molecular weight is 181 g/mol. The normalized spacial score (nSPS) is 10.8. The van der Waals surface area contributed by atoms with Crippen LogP contribution in [-0.2, 0) is 6.42 Å². The smallest absolute Gasteiger partial charge is 0.126 e. The van der Waals surface area contributed by atoms with E-state index in [1.54, 1.807) is 6.07 Å². The van der Waals surface area contributed by atoms with Gasteiger partial charge in [-0.05, 0) is 45.1 Å². The Morgan fingerprint density at radius 3 is 2.54 bits per heavy atom. The van der Waals surface area contributed by atoms with Crippen molar-refractivity contribution in [2.24, 2.45) is 0 Å². The third-order valence-corrected chi connectivity index (χ3v) is 2.01. The summed E-state index contributed by atoms with van der Waals surface area (Å²) in [7, 11) is 4.06. The number of hydrogen-bond acceptors (Lipinski definition) is 1. The zero-order valence-corrected chi connectivity index (χ0v) is 8.26. The van der Waals surface area contributed by atoms with E-state index >= 15 is 0 Å². The summed E-state index contributed by atoms with van der Waals surface area (Å²) in [6.07, 6.45) is 1.83. The van der Waals surface area contributed by atoms with Gasteiger partial charge in [0.1, 0.15) is 5.82 Å². The molecule has 0 aromatic heterocycles. The Labute approximate surface area is 79.2 Å². The first-order valence-electron chi connectivity index (χ1n) is 4.58. The van der Waals surface area contributed by atoms with Crippen LogP contribution in [0.15, 0.2) is 24.3 Å². The van der Waals surface area contributed by atoms with E-state index in [1.807, 2.05) is 26.2 Å². The lowest BCUT2D eigenvalue weighted by atomic mass is 10.1. The molecule has 0 N–H and O–H groups in total. The molecule has 0 fully saturated rings. The van der Waals surface area contributed by atoms with E-state index in [2.05, 4.69) is 4.90 Å². The molecule has 0 spiro atoms. The second kappa shape index (κ2) is 4.97. The highest BCUT2D eigenvalue weighted by atomic mass is 19.1. The Balaban J connectivity index is 2.41. The Kier molecular flexibility index (Phi) is 3.90. The fourth-order valence-corrected chi connectivity index (χ4v) is 1.29. The third kappa shape index (κ3) is 3.55. The highest BCUT2D eigenvalue weighted by molar-refractivity contribution is 5.17. The molecule has 0 aliphatic carbocycles. The molecule has 0 unspecified atom stereocenters. The highest BCUT2D eigenvalue weighted by Gasteiger charge is 1.99. The van der Waals surface area contributed by atoms with Crippen LogP contribution in [-0.4, -0.2) is 25.5 Å². The number of rotatable bonds is 4. The molecule has 0 saturated heterocycles. The molecule has 2 heteroatoms. The van der Waals surface area contributed by atoms with Crippen molar-refractivity contribution in [1.82, 2.24) is 4.90 Å². The standard InChI is InChI=1S/C11H16FN/c1-13(2)9-5-7-10-6-3-4-8-11(10)12/h3-4,6,8H,5,7,9H2,1-2H3. The molecule has 0 aliphatic heterocycles. The van der Waals surface area contributed by atoms with Crippen LogP contribution < -0.4 is 0 Å². The Morgan fingerprint density at radius 1 is 1.23 bits per heavy atom. The minimum atomic E-state index is -0.0822. The van der Waals surface area contributed by atoms with Gasteiger partial charge in [-0.2, -0.15) is 0 Å². The van der Waals surface area contributed by atoms with Crippen molar-refractivity contribution in [3.63, 3.8) is 0 Å². The van der Waals surface area contributed by atoms with Gasteiger partial charge in [0.15, 0.2) is 0 Å². The van der Waals surface area contributed by atoms with Crippen molar-refractivity contribution >= 4 is 0 Å². The van der Waals surface area contributed by atoms with Crippen molar-refractivity contribution in [3.05, 3.63) is 35.6 Å². The first-order valence-corrected chi connectivity index (χ1v) is 4.58. The zero-order valence-electron chi connectivity index (χ0n) is 8.26. The molecule has 0 saturated carbocycles. The minimum Gasteiger partial charge on any atom is -0.309 e. The van der Waals surface area contributed by atoms with Crippen LogP contribution in [0.3, 0.4) is 0 Å². The highest BCUT2D eigenvalue weighted by Crippen LogP contribution is 2.08. The molecule has 0 atom stereocenters. The summed E-state index contributed by atoms with van der Waals surface area (Å²) >= 11 is 0. The molecule has 0 amide bonds. The number of halogens is 1. The summed E-state index contributed by atoms with van der Waals surface area (Å²) in [4.78, 5) is 2.11. The quantitative estimate of drug-likeness (QED) is 0.689. The maximum absolute atomic E-state index is 13.1. The monoisotopic (exact) mass is 181 g/mol. The number of nitrogens with zero attached hydrogens (tertiary/aromatic N) is 1. The maximum atomic E-state index is 13.1. The molecule has 1 rings (SSSR count). The summed E-state index contributed by atoms with van der Waals surface area (Å²) < 4.78 is 13.1. The van der Waals surface area contributed by atoms with Gasteiger partial charge in [0.2, 0.25) is 0 Å². The van der Waals surface area contributed by atoms with E-state index in [-0.39, 0.29) is 5.82 Å². The molecule has 0 aliphatic rings. The molecule has 72 valence electrons. The summed E-state index contributed by atoms with van der Waals surface area (Å²) in [5.41, 5.74) is 0.823. The van der Waals surface area contributed by atoms with Gasteiger partial charge in [0, 0.05) is 0 Å². The van der Waals surface area contributed by atoms with Gasteiger partial charge >= 0.3 is 0 Å².